The topological polar surface area (TPSA) is 75.1 Å². The van der Waals surface area contributed by atoms with Gasteiger partial charge in [0.05, 0.1) is 19.8 Å². The Labute approximate surface area is 137 Å². The van der Waals surface area contributed by atoms with Crippen LogP contribution < -0.4 is 10.2 Å². The maximum absolute atomic E-state index is 5.45. The fourth-order valence-corrected chi connectivity index (χ4v) is 2.38. The molecule has 0 atom stereocenters. The van der Waals surface area contributed by atoms with Gasteiger partial charge in [-0.1, -0.05) is 0 Å². The summed E-state index contributed by atoms with van der Waals surface area (Å²) in [4.78, 5) is 17.4. The van der Waals surface area contributed by atoms with Gasteiger partial charge in [0.2, 0.25) is 5.95 Å². The van der Waals surface area contributed by atoms with Crippen molar-refractivity contribution in [3.8, 4) is 0 Å². The third-order valence-electron chi connectivity index (χ3n) is 3.59. The molecule has 8 heteroatoms. The molecular weight excluding hydrogens is 296 g/mol. The smallest absolute Gasteiger partial charge is 0.225 e. The van der Waals surface area contributed by atoms with E-state index < -0.39 is 0 Å². The van der Waals surface area contributed by atoms with Crippen molar-refractivity contribution >= 4 is 11.9 Å². The summed E-state index contributed by atoms with van der Waals surface area (Å²) in [6, 6.07) is 1.83. The third-order valence-corrected chi connectivity index (χ3v) is 3.59. The Hall–Kier alpha value is -1.93. The van der Waals surface area contributed by atoms with Crippen molar-refractivity contribution in [1.29, 1.82) is 0 Å². The number of nitrogens with zero attached hydrogens (tertiary/aromatic N) is 5. The Balaban J connectivity index is 1.70. The van der Waals surface area contributed by atoms with Gasteiger partial charge in [-0.25, -0.2) is 9.97 Å². The summed E-state index contributed by atoms with van der Waals surface area (Å²) in [5, 5.41) is 3.33. The van der Waals surface area contributed by atoms with Crippen molar-refractivity contribution in [2.45, 2.75) is 0 Å². The minimum absolute atomic E-state index is 0.618. The first-order chi connectivity index (χ1) is 11.3. The number of piperazine rings is 1. The summed E-state index contributed by atoms with van der Waals surface area (Å²) in [6.45, 7) is 6.17. The molecule has 1 aromatic rings. The van der Waals surface area contributed by atoms with Crippen LogP contribution in [0.1, 0.15) is 0 Å². The molecular formula is C15H26N6O2. The second-order valence-corrected chi connectivity index (χ2v) is 5.10. The van der Waals surface area contributed by atoms with Gasteiger partial charge in [-0.05, 0) is 6.07 Å². The van der Waals surface area contributed by atoms with Gasteiger partial charge in [-0.3, -0.25) is 4.99 Å². The molecule has 2 rings (SSSR count). The van der Waals surface area contributed by atoms with E-state index >= 15 is 0 Å². The SMILES string of the molecule is CN=C(NCCOCCOC)N1CCN(c2ncccn2)CC1. The standard InChI is InChI=1S/C15H26N6O2/c1-16-14(19-6-11-23-13-12-22-2)20-7-9-21(10-8-20)15-17-4-3-5-18-15/h3-5H,6-13H2,1-2H3,(H,16,19). The molecule has 0 aliphatic carbocycles. The van der Waals surface area contributed by atoms with Gasteiger partial charge in [0.15, 0.2) is 5.96 Å². The van der Waals surface area contributed by atoms with Crippen molar-refractivity contribution in [3.63, 3.8) is 0 Å². The number of hydrogen-bond donors (Lipinski definition) is 1. The number of hydrogen-bond acceptors (Lipinski definition) is 6. The number of guanidine groups is 1. The van der Waals surface area contributed by atoms with E-state index in [2.05, 4.69) is 30.1 Å². The Kier molecular flexibility index (Phi) is 7.55. The maximum atomic E-state index is 5.45. The van der Waals surface area contributed by atoms with Gasteiger partial charge >= 0.3 is 0 Å². The lowest BCUT2D eigenvalue weighted by Gasteiger charge is -2.36. The monoisotopic (exact) mass is 322 g/mol. The molecule has 0 saturated carbocycles. The summed E-state index contributed by atoms with van der Waals surface area (Å²) in [5.41, 5.74) is 0. The number of aliphatic imine (C=N–C) groups is 1. The summed E-state index contributed by atoms with van der Waals surface area (Å²) >= 11 is 0. The van der Waals surface area contributed by atoms with Crippen LogP contribution in [0.4, 0.5) is 5.95 Å². The number of anilines is 1. The molecule has 0 unspecified atom stereocenters. The normalized spacial score (nSPS) is 15.8. The van der Waals surface area contributed by atoms with Crippen LogP contribution in [-0.4, -0.2) is 87.5 Å². The van der Waals surface area contributed by atoms with E-state index in [1.54, 1.807) is 26.6 Å². The van der Waals surface area contributed by atoms with E-state index in [4.69, 9.17) is 9.47 Å². The predicted molar refractivity (Wildman–Crippen MR) is 89.9 cm³/mol. The highest BCUT2D eigenvalue weighted by molar-refractivity contribution is 5.80. The van der Waals surface area contributed by atoms with E-state index in [-0.39, 0.29) is 0 Å². The lowest BCUT2D eigenvalue weighted by Crippen LogP contribution is -2.53. The van der Waals surface area contributed by atoms with Crippen molar-refractivity contribution in [1.82, 2.24) is 20.2 Å². The lowest BCUT2D eigenvalue weighted by molar-refractivity contribution is 0.0731. The molecule has 0 radical (unpaired) electrons. The van der Waals surface area contributed by atoms with Gasteiger partial charge in [0, 0.05) is 59.3 Å². The van der Waals surface area contributed by atoms with Gasteiger partial charge in [-0.15, -0.1) is 0 Å². The molecule has 1 aliphatic rings. The van der Waals surface area contributed by atoms with E-state index in [9.17, 15) is 0 Å². The average Bonchev–Trinajstić information content (AvgIpc) is 2.62. The van der Waals surface area contributed by atoms with E-state index in [1.165, 1.54) is 0 Å². The maximum Gasteiger partial charge on any atom is 0.225 e. The minimum atomic E-state index is 0.618. The molecule has 1 fully saturated rings. The van der Waals surface area contributed by atoms with Crippen molar-refractivity contribution in [2.75, 3.05) is 71.6 Å². The van der Waals surface area contributed by atoms with Gasteiger partial charge in [0.1, 0.15) is 0 Å². The summed E-state index contributed by atoms with van der Waals surface area (Å²) < 4.78 is 10.4. The first-order valence-corrected chi connectivity index (χ1v) is 7.89. The fourth-order valence-electron chi connectivity index (χ4n) is 2.38. The van der Waals surface area contributed by atoms with E-state index in [0.717, 1.165) is 44.6 Å². The first kappa shape index (κ1) is 17.4. The van der Waals surface area contributed by atoms with Crippen molar-refractivity contribution in [3.05, 3.63) is 18.5 Å². The molecule has 2 heterocycles. The number of rotatable bonds is 7. The number of aromatic nitrogens is 2. The molecule has 1 aromatic heterocycles. The summed E-state index contributed by atoms with van der Waals surface area (Å²) in [6.07, 6.45) is 3.55. The number of nitrogens with one attached hydrogen (secondary N) is 1. The zero-order chi connectivity index (χ0) is 16.3. The Bertz CT molecular complexity index is 462. The van der Waals surface area contributed by atoms with Crippen LogP contribution in [0.15, 0.2) is 23.5 Å². The first-order valence-electron chi connectivity index (χ1n) is 7.89. The third kappa shape index (κ3) is 5.65. The summed E-state index contributed by atoms with van der Waals surface area (Å²) in [5.74, 6) is 1.70. The van der Waals surface area contributed by atoms with Crippen LogP contribution in [0, 0.1) is 0 Å². The van der Waals surface area contributed by atoms with Crippen LogP contribution in [0.3, 0.4) is 0 Å². The average molecular weight is 322 g/mol. The Morgan fingerprint density at radius 3 is 2.57 bits per heavy atom. The second kappa shape index (κ2) is 9.96. The number of methoxy groups -OCH3 is 1. The van der Waals surface area contributed by atoms with Crippen molar-refractivity contribution < 1.29 is 9.47 Å². The zero-order valence-electron chi connectivity index (χ0n) is 13.9. The van der Waals surface area contributed by atoms with Crippen LogP contribution in [0.2, 0.25) is 0 Å². The van der Waals surface area contributed by atoms with Gasteiger partial charge in [0.25, 0.3) is 0 Å². The second-order valence-electron chi connectivity index (χ2n) is 5.10. The van der Waals surface area contributed by atoms with Crippen LogP contribution in [0.25, 0.3) is 0 Å². The minimum Gasteiger partial charge on any atom is -0.382 e. The predicted octanol–water partition coefficient (Wildman–Crippen LogP) is -0.163. The van der Waals surface area contributed by atoms with Crippen molar-refractivity contribution in [2.24, 2.45) is 4.99 Å². The summed E-state index contributed by atoms with van der Waals surface area (Å²) in [7, 11) is 3.48. The molecule has 128 valence electrons. The molecule has 1 saturated heterocycles. The molecule has 0 bridgehead atoms. The molecule has 1 N–H and O–H groups in total. The fraction of sp³-hybridized carbons (Fsp3) is 0.667. The Morgan fingerprint density at radius 2 is 1.91 bits per heavy atom. The molecule has 1 aliphatic heterocycles. The highest BCUT2D eigenvalue weighted by Gasteiger charge is 2.20. The molecule has 0 amide bonds. The highest BCUT2D eigenvalue weighted by atomic mass is 16.5. The van der Waals surface area contributed by atoms with Crippen LogP contribution in [0.5, 0.6) is 0 Å². The van der Waals surface area contributed by atoms with Crippen LogP contribution >= 0.6 is 0 Å². The largest absolute Gasteiger partial charge is 0.382 e. The number of ether oxygens (including phenoxy) is 2. The lowest BCUT2D eigenvalue weighted by atomic mass is 10.3. The van der Waals surface area contributed by atoms with Gasteiger partial charge < -0.3 is 24.6 Å². The molecule has 23 heavy (non-hydrogen) atoms. The Morgan fingerprint density at radius 1 is 1.17 bits per heavy atom. The molecule has 8 nitrogen and oxygen atoms in total. The zero-order valence-corrected chi connectivity index (χ0v) is 13.9. The quantitative estimate of drug-likeness (QED) is 0.425. The van der Waals surface area contributed by atoms with E-state index in [1.807, 2.05) is 6.07 Å². The van der Waals surface area contributed by atoms with Gasteiger partial charge in [-0.2, -0.15) is 0 Å². The van der Waals surface area contributed by atoms with E-state index in [0.29, 0.717) is 19.8 Å². The molecule has 0 spiro atoms. The van der Waals surface area contributed by atoms with Crippen LogP contribution in [-0.2, 0) is 9.47 Å². The molecule has 0 aromatic carbocycles. The highest BCUT2D eigenvalue weighted by Crippen LogP contribution is 2.09.